The number of aromatic nitrogens is 3. The molecular formula is C28H35N9. The molecule has 0 spiro atoms. The summed E-state index contributed by atoms with van der Waals surface area (Å²) >= 11 is 0. The van der Waals surface area contributed by atoms with E-state index in [9.17, 15) is 5.26 Å². The molecule has 3 aromatic rings. The Labute approximate surface area is 218 Å². The van der Waals surface area contributed by atoms with Crippen LogP contribution in [0.1, 0.15) is 24.6 Å². The molecule has 1 N–H and O–H groups in total. The van der Waals surface area contributed by atoms with Crippen molar-refractivity contribution in [1.29, 1.82) is 5.26 Å². The van der Waals surface area contributed by atoms with E-state index in [0.29, 0.717) is 17.6 Å². The van der Waals surface area contributed by atoms with Crippen molar-refractivity contribution in [2.45, 2.75) is 32.0 Å². The fourth-order valence-electron chi connectivity index (χ4n) is 6.17. The number of piperazine rings is 2. The highest BCUT2D eigenvalue weighted by Crippen LogP contribution is 2.32. The van der Waals surface area contributed by atoms with Crippen LogP contribution in [0.2, 0.25) is 0 Å². The van der Waals surface area contributed by atoms with Gasteiger partial charge in [0.15, 0.2) is 0 Å². The number of rotatable bonds is 4. The molecule has 37 heavy (non-hydrogen) atoms. The lowest BCUT2D eigenvalue weighted by molar-refractivity contribution is 0.127. The fourth-order valence-corrected chi connectivity index (χ4v) is 6.17. The summed E-state index contributed by atoms with van der Waals surface area (Å²) in [6, 6.07) is 11.3. The minimum atomic E-state index is 0.458. The van der Waals surface area contributed by atoms with E-state index in [1.54, 1.807) is 6.20 Å². The fraction of sp³-hybridized carbons (Fsp3) is 0.500. The molecule has 3 aliphatic rings. The number of hydrogen-bond acceptors (Lipinski definition) is 9. The summed E-state index contributed by atoms with van der Waals surface area (Å²) in [7, 11) is 0. The van der Waals surface area contributed by atoms with Gasteiger partial charge in [-0.05, 0) is 37.6 Å². The van der Waals surface area contributed by atoms with Gasteiger partial charge in [0, 0.05) is 94.8 Å². The van der Waals surface area contributed by atoms with Gasteiger partial charge >= 0.3 is 0 Å². The minimum absolute atomic E-state index is 0.458. The largest absolute Gasteiger partial charge is 0.368 e. The number of nitrogens with one attached hydrogen (secondary N) is 1. The lowest BCUT2D eigenvalue weighted by Crippen LogP contribution is -2.58. The van der Waals surface area contributed by atoms with Gasteiger partial charge in [-0.1, -0.05) is 0 Å². The highest BCUT2D eigenvalue weighted by Gasteiger charge is 2.34. The molecule has 0 saturated carbocycles. The molecule has 0 aliphatic carbocycles. The molecule has 2 atom stereocenters. The Bertz CT molecular complexity index is 1260. The van der Waals surface area contributed by atoms with Crippen molar-refractivity contribution >= 4 is 22.4 Å². The van der Waals surface area contributed by atoms with Gasteiger partial charge in [-0.15, -0.1) is 0 Å². The standard InChI is InChI=1S/C28H35N9/c1-21-18-36(26-5-4-22(15-29)28-25(26)3-2-7-31-28)20-24-6-10-34(13-14-37(21)24)19-23-16-33-27(17-32-23)35-11-8-30-9-12-35/h2-5,7,16-17,21,24,30H,6,8-14,18-20H2,1H3/t21-,24+/m1/s1. The van der Waals surface area contributed by atoms with Gasteiger partial charge in [0.1, 0.15) is 11.9 Å². The third-order valence-corrected chi connectivity index (χ3v) is 8.13. The van der Waals surface area contributed by atoms with Gasteiger partial charge in [-0.3, -0.25) is 19.8 Å². The van der Waals surface area contributed by atoms with E-state index in [2.05, 4.69) is 55.0 Å². The van der Waals surface area contributed by atoms with Crippen LogP contribution < -0.4 is 15.1 Å². The molecule has 6 rings (SSSR count). The maximum Gasteiger partial charge on any atom is 0.147 e. The van der Waals surface area contributed by atoms with E-state index < -0.39 is 0 Å². The van der Waals surface area contributed by atoms with Crippen LogP contribution in [-0.4, -0.2) is 95.7 Å². The summed E-state index contributed by atoms with van der Waals surface area (Å²) in [6.45, 7) is 12.3. The van der Waals surface area contributed by atoms with Crippen molar-refractivity contribution < 1.29 is 0 Å². The van der Waals surface area contributed by atoms with E-state index in [0.717, 1.165) is 94.3 Å². The number of hydrogen-bond donors (Lipinski definition) is 1. The summed E-state index contributed by atoms with van der Waals surface area (Å²) in [5, 5.41) is 14.0. The molecule has 3 aliphatic heterocycles. The van der Waals surface area contributed by atoms with Crippen molar-refractivity contribution in [3.8, 4) is 6.07 Å². The van der Waals surface area contributed by atoms with Crippen LogP contribution in [0.15, 0.2) is 42.9 Å². The number of benzene rings is 1. The monoisotopic (exact) mass is 497 g/mol. The second kappa shape index (κ2) is 10.6. The van der Waals surface area contributed by atoms with Gasteiger partial charge < -0.3 is 15.1 Å². The first-order chi connectivity index (χ1) is 18.2. The lowest BCUT2D eigenvalue weighted by atomic mass is 10.0. The highest BCUT2D eigenvalue weighted by atomic mass is 15.3. The number of nitrogens with zero attached hydrogens (tertiary/aromatic N) is 8. The Balaban J connectivity index is 1.13. The first kappa shape index (κ1) is 24.0. The maximum atomic E-state index is 9.54. The van der Waals surface area contributed by atoms with Gasteiger partial charge in [-0.25, -0.2) is 4.98 Å². The first-order valence-corrected chi connectivity index (χ1v) is 13.5. The molecule has 0 bridgehead atoms. The zero-order chi connectivity index (χ0) is 25.2. The Morgan fingerprint density at radius 2 is 1.86 bits per heavy atom. The first-order valence-electron chi connectivity index (χ1n) is 13.5. The Morgan fingerprint density at radius 1 is 0.973 bits per heavy atom. The zero-order valence-electron chi connectivity index (χ0n) is 21.6. The predicted molar refractivity (Wildman–Crippen MR) is 146 cm³/mol. The summed E-state index contributed by atoms with van der Waals surface area (Å²) in [5.74, 6) is 0.984. The summed E-state index contributed by atoms with van der Waals surface area (Å²) < 4.78 is 0. The number of pyridine rings is 1. The van der Waals surface area contributed by atoms with E-state index in [1.807, 2.05) is 24.5 Å². The van der Waals surface area contributed by atoms with Crippen molar-refractivity contribution in [3.05, 3.63) is 54.1 Å². The maximum absolute atomic E-state index is 9.54. The molecule has 2 aromatic heterocycles. The van der Waals surface area contributed by atoms with Gasteiger partial charge in [0.2, 0.25) is 0 Å². The molecule has 3 fully saturated rings. The van der Waals surface area contributed by atoms with Crippen molar-refractivity contribution in [1.82, 2.24) is 30.1 Å². The number of fused-ring (bicyclic) bond motifs is 2. The quantitative estimate of drug-likeness (QED) is 0.582. The van der Waals surface area contributed by atoms with Crippen LogP contribution in [0.4, 0.5) is 11.5 Å². The molecule has 1 aromatic carbocycles. The van der Waals surface area contributed by atoms with Crippen LogP contribution in [0.5, 0.6) is 0 Å². The second-order valence-corrected chi connectivity index (χ2v) is 10.5. The van der Waals surface area contributed by atoms with Crippen LogP contribution in [0.3, 0.4) is 0 Å². The minimum Gasteiger partial charge on any atom is -0.368 e. The van der Waals surface area contributed by atoms with E-state index in [-0.39, 0.29) is 0 Å². The molecule has 0 unspecified atom stereocenters. The lowest BCUT2D eigenvalue weighted by Gasteiger charge is -2.46. The number of nitriles is 1. The van der Waals surface area contributed by atoms with Gasteiger partial charge in [0.25, 0.3) is 0 Å². The molecule has 0 amide bonds. The van der Waals surface area contributed by atoms with Crippen molar-refractivity contribution in [2.24, 2.45) is 0 Å². The Kier molecular flexibility index (Phi) is 6.87. The second-order valence-electron chi connectivity index (χ2n) is 10.5. The van der Waals surface area contributed by atoms with Crippen molar-refractivity contribution in [3.63, 3.8) is 0 Å². The summed E-state index contributed by atoms with van der Waals surface area (Å²) in [6.07, 6.45) is 6.80. The van der Waals surface area contributed by atoms with Crippen molar-refractivity contribution in [2.75, 3.05) is 68.7 Å². The average molecular weight is 498 g/mol. The van der Waals surface area contributed by atoms with E-state index in [1.165, 1.54) is 5.69 Å². The smallest absolute Gasteiger partial charge is 0.147 e. The zero-order valence-corrected chi connectivity index (χ0v) is 21.6. The third-order valence-electron chi connectivity index (χ3n) is 8.13. The summed E-state index contributed by atoms with van der Waals surface area (Å²) in [5.41, 5.74) is 3.67. The molecule has 9 heteroatoms. The van der Waals surface area contributed by atoms with Gasteiger partial charge in [-0.2, -0.15) is 5.26 Å². The highest BCUT2D eigenvalue weighted by molar-refractivity contribution is 5.95. The molecule has 9 nitrogen and oxygen atoms in total. The van der Waals surface area contributed by atoms with Crippen LogP contribution in [-0.2, 0) is 6.54 Å². The van der Waals surface area contributed by atoms with E-state index in [4.69, 9.17) is 9.97 Å². The molecule has 0 radical (unpaired) electrons. The number of anilines is 2. The Morgan fingerprint density at radius 3 is 2.68 bits per heavy atom. The van der Waals surface area contributed by atoms with Gasteiger partial charge in [0.05, 0.1) is 29.2 Å². The van der Waals surface area contributed by atoms with Crippen LogP contribution >= 0.6 is 0 Å². The normalized spacial score (nSPS) is 23.5. The molecule has 3 saturated heterocycles. The molecule has 5 heterocycles. The van der Waals surface area contributed by atoms with E-state index >= 15 is 0 Å². The third kappa shape index (κ3) is 4.97. The average Bonchev–Trinajstić information content (AvgIpc) is 3.16. The van der Waals surface area contributed by atoms with Crippen LogP contribution in [0, 0.1) is 11.3 Å². The summed E-state index contributed by atoms with van der Waals surface area (Å²) in [4.78, 5) is 24.0. The molecule has 192 valence electrons. The molecular weight excluding hydrogens is 462 g/mol. The SMILES string of the molecule is C[C@@H]1CN(c2ccc(C#N)c3ncccc23)C[C@@H]2CCN(Cc3cnc(N4CCNCC4)cn3)CCN21. The Hall–Kier alpha value is -3.32. The topological polar surface area (TPSA) is 87.5 Å². The van der Waals surface area contributed by atoms with Crippen LogP contribution in [0.25, 0.3) is 10.9 Å². The predicted octanol–water partition coefficient (Wildman–Crippen LogP) is 2.09.